The molecule has 2 heteroatoms. The Bertz CT molecular complexity index is 320. The molecule has 0 atom stereocenters. The first-order valence-corrected chi connectivity index (χ1v) is 7.37. The largest absolute Gasteiger partial charge is 0.314 e. The van der Waals surface area contributed by atoms with Gasteiger partial charge in [-0.3, -0.25) is 0 Å². The Labute approximate surface area is 103 Å². The van der Waals surface area contributed by atoms with E-state index in [2.05, 4.69) is 48.3 Å². The van der Waals surface area contributed by atoms with Crippen LogP contribution in [-0.4, -0.2) is 18.3 Å². The number of hydrogen-bond acceptors (Lipinski definition) is 2. The van der Waals surface area contributed by atoms with Crippen LogP contribution in [0.2, 0.25) is 0 Å². The topological polar surface area (TPSA) is 12.0 Å². The van der Waals surface area contributed by atoms with Crippen LogP contribution in [0.3, 0.4) is 0 Å². The van der Waals surface area contributed by atoms with Crippen molar-refractivity contribution in [3.05, 3.63) is 35.4 Å². The quantitative estimate of drug-likeness (QED) is 0.727. The second-order valence-electron chi connectivity index (χ2n) is 4.56. The lowest BCUT2D eigenvalue weighted by atomic mass is 10.1. The summed E-state index contributed by atoms with van der Waals surface area (Å²) < 4.78 is 0. The van der Waals surface area contributed by atoms with Crippen LogP contribution in [0.4, 0.5) is 0 Å². The summed E-state index contributed by atoms with van der Waals surface area (Å²) in [5, 5.41) is 3.55. The minimum Gasteiger partial charge on any atom is -0.314 e. The number of hydrogen-bond donors (Lipinski definition) is 1. The molecular formula is C14H21NS. The van der Waals surface area contributed by atoms with E-state index in [0.717, 1.165) is 11.8 Å². The van der Waals surface area contributed by atoms with Gasteiger partial charge in [0.1, 0.15) is 0 Å². The Kier molecular flexibility index (Phi) is 4.73. The summed E-state index contributed by atoms with van der Waals surface area (Å²) in [6.45, 7) is 3.40. The number of nitrogens with one attached hydrogen (secondary N) is 1. The van der Waals surface area contributed by atoms with Crippen molar-refractivity contribution in [2.45, 2.75) is 38.0 Å². The predicted molar refractivity (Wildman–Crippen MR) is 73.0 cm³/mol. The molecule has 1 aliphatic carbocycles. The molecule has 0 spiro atoms. The maximum atomic E-state index is 3.55. The molecule has 1 fully saturated rings. The lowest BCUT2D eigenvalue weighted by Gasteiger charge is -2.05. The molecule has 88 valence electrons. The summed E-state index contributed by atoms with van der Waals surface area (Å²) in [5.74, 6) is 2.43. The standard InChI is InChI=1S/C14H21NS/c1-12-5-2-3-6-13(12)11-16-10-4-9-15-14-7-8-14/h2-3,5-6,14-15H,4,7-11H2,1H3. The number of benzene rings is 1. The van der Waals surface area contributed by atoms with Crippen LogP contribution < -0.4 is 5.32 Å². The monoisotopic (exact) mass is 235 g/mol. The molecule has 0 aromatic heterocycles. The molecule has 0 saturated heterocycles. The number of rotatable bonds is 7. The van der Waals surface area contributed by atoms with Gasteiger partial charge in [-0.2, -0.15) is 11.8 Å². The van der Waals surface area contributed by atoms with Gasteiger partial charge in [0.15, 0.2) is 0 Å². The van der Waals surface area contributed by atoms with Crippen molar-refractivity contribution < 1.29 is 0 Å². The molecule has 2 rings (SSSR count). The van der Waals surface area contributed by atoms with Crippen LogP contribution in [0, 0.1) is 6.92 Å². The zero-order valence-electron chi connectivity index (χ0n) is 10.0. The van der Waals surface area contributed by atoms with Crippen LogP contribution in [0.5, 0.6) is 0 Å². The Morgan fingerprint density at radius 3 is 2.88 bits per heavy atom. The SMILES string of the molecule is Cc1ccccc1CSCCCNC1CC1. The van der Waals surface area contributed by atoms with E-state index in [1.54, 1.807) is 0 Å². The van der Waals surface area contributed by atoms with Gasteiger partial charge in [-0.05, 0) is 49.6 Å². The zero-order valence-corrected chi connectivity index (χ0v) is 10.9. The van der Waals surface area contributed by atoms with E-state index in [-0.39, 0.29) is 0 Å². The van der Waals surface area contributed by atoms with Crippen LogP contribution in [-0.2, 0) is 5.75 Å². The van der Waals surface area contributed by atoms with Crippen molar-refractivity contribution in [1.82, 2.24) is 5.32 Å². The first-order chi connectivity index (χ1) is 7.86. The summed E-state index contributed by atoms with van der Waals surface area (Å²) in [7, 11) is 0. The number of thioether (sulfide) groups is 1. The van der Waals surface area contributed by atoms with Crippen molar-refractivity contribution in [2.24, 2.45) is 0 Å². The average Bonchev–Trinajstić information content (AvgIpc) is 3.09. The van der Waals surface area contributed by atoms with E-state index < -0.39 is 0 Å². The highest BCUT2D eigenvalue weighted by molar-refractivity contribution is 7.98. The predicted octanol–water partition coefficient (Wildman–Crippen LogP) is 3.37. The molecule has 0 heterocycles. The van der Waals surface area contributed by atoms with Crippen LogP contribution in [0.1, 0.15) is 30.4 Å². The van der Waals surface area contributed by atoms with E-state index in [1.165, 1.54) is 42.7 Å². The highest BCUT2D eigenvalue weighted by Crippen LogP contribution is 2.19. The minimum atomic E-state index is 0.862. The van der Waals surface area contributed by atoms with Crippen LogP contribution >= 0.6 is 11.8 Å². The molecule has 0 bridgehead atoms. The third-order valence-corrected chi connectivity index (χ3v) is 4.09. The molecule has 16 heavy (non-hydrogen) atoms. The molecule has 1 aliphatic rings. The lowest BCUT2D eigenvalue weighted by Crippen LogP contribution is -2.17. The molecule has 0 radical (unpaired) electrons. The van der Waals surface area contributed by atoms with Crippen molar-refractivity contribution >= 4 is 11.8 Å². The van der Waals surface area contributed by atoms with Gasteiger partial charge in [0.25, 0.3) is 0 Å². The Morgan fingerprint density at radius 2 is 2.12 bits per heavy atom. The molecule has 1 N–H and O–H groups in total. The summed E-state index contributed by atoms with van der Waals surface area (Å²) in [4.78, 5) is 0. The van der Waals surface area contributed by atoms with Gasteiger partial charge in [-0.15, -0.1) is 0 Å². The summed E-state index contributed by atoms with van der Waals surface area (Å²) >= 11 is 2.05. The third-order valence-electron chi connectivity index (χ3n) is 2.99. The highest BCUT2D eigenvalue weighted by atomic mass is 32.2. The molecule has 1 nitrogen and oxygen atoms in total. The molecule has 0 unspecified atom stereocenters. The van der Waals surface area contributed by atoms with Gasteiger partial charge < -0.3 is 5.32 Å². The fourth-order valence-electron chi connectivity index (χ4n) is 1.72. The van der Waals surface area contributed by atoms with Crippen molar-refractivity contribution in [1.29, 1.82) is 0 Å². The van der Waals surface area contributed by atoms with Gasteiger partial charge >= 0.3 is 0 Å². The first-order valence-electron chi connectivity index (χ1n) is 6.22. The summed E-state index contributed by atoms with van der Waals surface area (Å²) in [5.41, 5.74) is 2.91. The second kappa shape index (κ2) is 6.31. The Balaban J connectivity index is 1.55. The van der Waals surface area contributed by atoms with Crippen LogP contribution in [0.15, 0.2) is 24.3 Å². The van der Waals surface area contributed by atoms with Crippen LogP contribution in [0.25, 0.3) is 0 Å². The maximum Gasteiger partial charge on any atom is 0.0187 e. The zero-order chi connectivity index (χ0) is 11.2. The molecule has 0 aliphatic heterocycles. The van der Waals surface area contributed by atoms with E-state index in [4.69, 9.17) is 0 Å². The molecular weight excluding hydrogens is 214 g/mol. The van der Waals surface area contributed by atoms with E-state index in [9.17, 15) is 0 Å². The van der Waals surface area contributed by atoms with Crippen molar-refractivity contribution in [2.75, 3.05) is 12.3 Å². The lowest BCUT2D eigenvalue weighted by molar-refractivity contribution is 0.674. The minimum absolute atomic E-state index is 0.862. The van der Waals surface area contributed by atoms with Crippen molar-refractivity contribution in [3.8, 4) is 0 Å². The molecule has 0 amide bonds. The van der Waals surface area contributed by atoms with E-state index in [1.807, 2.05) is 0 Å². The second-order valence-corrected chi connectivity index (χ2v) is 5.67. The highest BCUT2D eigenvalue weighted by Gasteiger charge is 2.19. The Hall–Kier alpha value is -0.470. The van der Waals surface area contributed by atoms with Crippen molar-refractivity contribution in [3.63, 3.8) is 0 Å². The fourth-order valence-corrected chi connectivity index (χ4v) is 2.76. The molecule has 1 aromatic carbocycles. The fraction of sp³-hybridized carbons (Fsp3) is 0.571. The third kappa shape index (κ3) is 4.18. The smallest absolute Gasteiger partial charge is 0.0187 e. The first kappa shape index (κ1) is 12.0. The van der Waals surface area contributed by atoms with Gasteiger partial charge in [0.05, 0.1) is 0 Å². The van der Waals surface area contributed by atoms with Gasteiger partial charge in [0, 0.05) is 11.8 Å². The summed E-state index contributed by atoms with van der Waals surface area (Å²) in [6.07, 6.45) is 4.10. The van der Waals surface area contributed by atoms with Gasteiger partial charge in [-0.25, -0.2) is 0 Å². The van der Waals surface area contributed by atoms with Gasteiger partial charge in [-0.1, -0.05) is 24.3 Å². The average molecular weight is 235 g/mol. The molecule has 1 aromatic rings. The molecule has 1 saturated carbocycles. The van der Waals surface area contributed by atoms with Gasteiger partial charge in [0.2, 0.25) is 0 Å². The summed E-state index contributed by atoms with van der Waals surface area (Å²) in [6, 6.07) is 9.55. The normalized spacial score (nSPS) is 15.3. The maximum absolute atomic E-state index is 3.55. The van der Waals surface area contributed by atoms with E-state index in [0.29, 0.717) is 0 Å². The number of aryl methyl sites for hydroxylation is 1. The Morgan fingerprint density at radius 1 is 1.31 bits per heavy atom. The van der Waals surface area contributed by atoms with E-state index >= 15 is 0 Å².